The maximum Gasteiger partial charge on any atom is 0.290 e. The van der Waals surface area contributed by atoms with Gasteiger partial charge in [-0.05, 0) is 56.2 Å². The van der Waals surface area contributed by atoms with Gasteiger partial charge in [0.1, 0.15) is 0 Å². The fourth-order valence-electron chi connectivity index (χ4n) is 3.41. The third-order valence-corrected chi connectivity index (χ3v) is 5.20. The van der Waals surface area contributed by atoms with E-state index in [9.17, 15) is 9.59 Å². The van der Waals surface area contributed by atoms with Crippen molar-refractivity contribution in [1.82, 2.24) is 9.88 Å². The highest BCUT2D eigenvalue weighted by molar-refractivity contribution is 8.18. The molecule has 2 fully saturated rings. The van der Waals surface area contributed by atoms with Gasteiger partial charge >= 0.3 is 0 Å². The molecule has 4 nitrogen and oxygen atoms in total. The summed E-state index contributed by atoms with van der Waals surface area (Å²) in [5.74, 6) is -0.285. The van der Waals surface area contributed by atoms with Crippen LogP contribution >= 0.6 is 11.8 Å². The molecule has 1 saturated carbocycles. The van der Waals surface area contributed by atoms with E-state index < -0.39 is 0 Å². The van der Waals surface area contributed by atoms with Crippen molar-refractivity contribution >= 4 is 29.0 Å². The molecule has 0 bridgehead atoms. The molecular formula is C16H20N2O2S. The molecule has 0 spiro atoms. The van der Waals surface area contributed by atoms with Gasteiger partial charge in [-0.3, -0.25) is 14.9 Å². The minimum Gasteiger partial charge on any atom is -0.346 e. The maximum absolute atomic E-state index is 11.7. The molecule has 0 radical (unpaired) electrons. The van der Waals surface area contributed by atoms with Gasteiger partial charge in [-0.1, -0.05) is 19.3 Å². The Labute approximate surface area is 129 Å². The smallest absolute Gasteiger partial charge is 0.290 e. The summed E-state index contributed by atoms with van der Waals surface area (Å²) in [4.78, 5) is 23.4. The molecule has 1 aromatic rings. The van der Waals surface area contributed by atoms with Gasteiger partial charge in [-0.25, -0.2) is 0 Å². The first-order valence-corrected chi connectivity index (χ1v) is 8.31. The molecule has 2 amide bonds. The number of carbonyl (C=O) groups excluding carboxylic acids is 2. The van der Waals surface area contributed by atoms with Gasteiger partial charge in [0.25, 0.3) is 11.1 Å². The van der Waals surface area contributed by atoms with E-state index in [2.05, 4.69) is 29.8 Å². The molecule has 0 atom stereocenters. The van der Waals surface area contributed by atoms with Crippen molar-refractivity contribution < 1.29 is 9.59 Å². The number of rotatable bonds is 2. The Morgan fingerprint density at radius 3 is 2.57 bits per heavy atom. The summed E-state index contributed by atoms with van der Waals surface area (Å²) in [5.41, 5.74) is 3.48. The highest BCUT2D eigenvalue weighted by atomic mass is 32.2. The molecule has 1 aliphatic carbocycles. The predicted octanol–water partition coefficient (Wildman–Crippen LogP) is 3.93. The average Bonchev–Trinajstić information content (AvgIpc) is 2.91. The van der Waals surface area contributed by atoms with Gasteiger partial charge in [-0.2, -0.15) is 0 Å². The molecule has 1 saturated heterocycles. The Bertz CT molecular complexity index is 624. The van der Waals surface area contributed by atoms with Crippen molar-refractivity contribution in [1.29, 1.82) is 0 Å². The van der Waals surface area contributed by atoms with Crippen LogP contribution in [-0.2, 0) is 4.79 Å². The van der Waals surface area contributed by atoms with E-state index in [0.717, 1.165) is 17.3 Å². The van der Waals surface area contributed by atoms with Crippen molar-refractivity contribution in [3.05, 3.63) is 27.9 Å². The Morgan fingerprint density at radius 1 is 1.24 bits per heavy atom. The monoisotopic (exact) mass is 304 g/mol. The van der Waals surface area contributed by atoms with Gasteiger partial charge in [0.05, 0.1) is 4.91 Å². The van der Waals surface area contributed by atoms with E-state index in [-0.39, 0.29) is 11.1 Å². The summed E-state index contributed by atoms with van der Waals surface area (Å²) < 4.78 is 2.41. The fraction of sp³-hybridized carbons (Fsp3) is 0.500. The van der Waals surface area contributed by atoms with Gasteiger partial charge < -0.3 is 4.57 Å². The number of nitrogens with one attached hydrogen (secondary N) is 1. The number of aryl methyl sites for hydroxylation is 1. The van der Waals surface area contributed by atoms with Gasteiger partial charge in [0, 0.05) is 17.4 Å². The quantitative estimate of drug-likeness (QED) is 0.842. The van der Waals surface area contributed by atoms with E-state index >= 15 is 0 Å². The van der Waals surface area contributed by atoms with E-state index in [0.29, 0.717) is 10.9 Å². The Hall–Kier alpha value is -1.49. The largest absolute Gasteiger partial charge is 0.346 e. The van der Waals surface area contributed by atoms with Gasteiger partial charge in [0.2, 0.25) is 0 Å². The number of imide groups is 1. The molecule has 2 aliphatic rings. The summed E-state index contributed by atoms with van der Waals surface area (Å²) in [5, 5.41) is 2.02. The van der Waals surface area contributed by atoms with E-state index in [1.165, 1.54) is 43.5 Å². The number of thioether (sulfide) groups is 1. The summed E-state index contributed by atoms with van der Waals surface area (Å²) in [7, 11) is 0. The minimum atomic E-state index is -0.285. The fourth-order valence-corrected chi connectivity index (χ4v) is 4.09. The first-order valence-electron chi connectivity index (χ1n) is 7.49. The van der Waals surface area contributed by atoms with Crippen molar-refractivity contribution in [3.63, 3.8) is 0 Å². The van der Waals surface area contributed by atoms with Crippen LogP contribution < -0.4 is 5.32 Å². The van der Waals surface area contributed by atoms with Crippen LogP contribution in [0.5, 0.6) is 0 Å². The van der Waals surface area contributed by atoms with E-state index in [1.807, 2.05) is 6.08 Å². The molecule has 112 valence electrons. The zero-order chi connectivity index (χ0) is 15.0. The molecule has 1 aromatic heterocycles. The topological polar surface area (TPSA) is 51.1 Å². The van der Waals surface area contributed by atoms with Crippen molar-refractivity contribution in [2.45, 2.75) is 52.0 Å². The van der Waals surface area contributed by atoms with Crippen LogP contribution in [0.3, 0.4) is 0 Å². The Morgan fingerprint density at radius 2 is 1.95 bits per heavy atom. The lowest BCUT2D eigenvalue weighted by molar-refractivity contribution is -0.115. The van der Waals surface area contributed by atoms with Gasteiger partial charge in [0.15, 0.2) is 0 Å². The first kappa shape index (κ1) is 14.4. The SMILES string of the molecule is Cc1cc(C=C2SC(=O)NC2=O)c(C)n1C1CCCCC1. The third-order valence-electron chi connectivity index (χ3n) is 4.39. The van der Waals surface area contributed by atoms with Crippen LogP contribution in [0, 0.1) is 13.8 Å². The lowest BCUT2D eigenvalue weighted by Crippen LogP contribution is -2.17. The number of amides is 2. The first-order chi connectivity index (χ1) is 10.1. The molecule has 1 N–H and O–H groups in total. The molecule has 3 rings (SSSR count). The summed E-state index contributed by atoms with van der Waals surface area (Å²) in [6, 6.07) is 2.70. The Balaban J connectivity index is 1.92. The van der Waals surface area contributed by atoms with Crippen LogP contribution in [-0.4, -0.2) is 15.7 Å². The van der Waals surface area contributed by atoms with Crippen LogP contribution in [0.25, 0.3) is 6.08 Å². The van der Waals surface area contributed by atoms with Crippen molar-refractivity contribution in [3.8, 4) is 0 Å². The van der Waals surface area contributed by atoms with E-state index in [4.69, 9.17) is 0 Å². The number of hydrogen-bond donors (Lipinski definition) is 1. The highest BCUT2D eigenvalue weighted by Crippen LogP contribution is 2.34. The summed E-state index contributed by atoms with van der Waals surface area (Å²) in [6.45, 7) is 4.23. The van der Waals surface area contributed by atoms with Gasteiger partial charge in [-0.15, -0.1) is 0 Å². The second-order valence-corrected chi connectivity index (χ2v) is 6.86. The standard InChI is InChI=1S/C16H20N2O2S/c1-10-8-12(9-14-15(19)17-16(20)21-14)11(2)18(10)13-6-4-3-5-7-13/h8-9,13H,3-7H2,1-2H3,(H,17,19,20). The van der Waals surface area contributed by atoms with Crippen LogP contribution in [0.4, 0.5) is 4.79 Å². The molecular weight excluding hydrogens is 284 g/mol. The number of aromatic nitrogens is 1. The Kier molecular flexibility index (Phi) is 3.93. The second kappa shape index (κ2) is 5.72. The minimum absolute atomic E-state index is 0.285. The van der Waals surface area contributed by atoms with Crippen molar-refractivity contribution in [2.75, 3.05) is 0 Å². The predicted molar refractivity (Wildman–Crippen MR) is 85.1 cm³/mol. The average molecular weight is 304 g/mol. The van der Waals surface area contributed by atoms with E-state index in [1.54, 1.807) is 0 Å². The van der Waals surface area contributed by atoms with Crippen LogP contribution in [0.15, 0.2) is 11.0 Å². The lowest BCUT2D eigenvalue weighted by Gasteiger charge is -2.26. The molecule has 0 unspecified atom stereocenters. The molecule has 2 heterocycles. The maximum atomic E-state index is 11.7. The van der Waals surface area contributed by atoms with Crippen LogP contribution in [0.2, 0.25) is 0 Å². The molecule has 5 heteroatoms. The summed E-state index contributed by atoms with van der Waals surface area (Å²) >= 11 is 0.980. The number of nitrogens with zero attached hydrogens (tertiary/aromatic N) is 1. The zero-order valence-corrected chi connectivity index (χ0v) is 13.3. The number of carbonyl (C=O) groups is 2. The summed E-state index contributed by atoms with van der Waals surface area (Å²) in [6.07, 6.45) is 8.24. The lowest BCUT2D eigenvalue weighted by atomic mass is 9.95. The zero-order valence-electron chi connectivity index (χ0n) is 12.4. The second-order valence-electron chi connectivity index (χ2n) is 5.84. The highest BCUT2D eigenvalue weighted by Gasteiger charge is 2.26. The number of hydrogen-bond acceptors (Lipinski definition) is 3. The molecule has 1 aliphatic heterocycles. The van der Waals surface area contributed by atoms with Crippen LogP contribution in [0.1, 0.15) is 55.1 Å². The molecule has 21 heavy (non-hydrogen) atoms. The van der Waals surface area contributed by atoms with Crippen molar-refractivity contribution in [2.24, 2.45) is 0 Å². The molecule has 0 aromatic carbocycles. The third kappa shape index (κ3) is 2.79. The normalized spacial score (nSPS) is 22.1.